The number of likely N-dealkylation sites (tertiary alicyclic amines) is 1. The summed E-state index contributed by atoms with van der Waals surface area (Å²) in [7, 11) is 1.69. The Morgan fingerprint density at radius 3 is 2.11 bits per heavy atom. The minimum Gasteiger partial charge on any atom is -0.457 e. The smallest absolute Gasteiger partial charge is 0.410 e. The molecule has 3 N–H and O–H groups in total. The van der Waals surface area contributed by atoms with Gasteiger partial charge < -0.3 is 34.9 Å². The van der Waals surface area contributed by atoms with Crippen LogP contribution < -0.4 is 15.4 Å². The second kappa shape index (κ2) is 15.1. The van der Waals surface area contributed by atoms with Crippen LogP contribution >= 0.6 is 0 Å². The molecule has 0 spiro atoms. The van der Waals surface area contributed by atoms with E-state index in [1.165, 1.54) is 4.90 Å². The van der Waals surface area contributed by atoms with E-state index in [0.29, 0.717) is 32.5 Å². The lowest BCUT2D eigenvalue weighted by atomic mass is 9.69. The van der Waals surface area contributed by atoms with Crippen LogP contribution in [0.3, 0.4) is 0 Å². The molecular weight excluding hydrogens is 574 g/mol. The number of hydrogen-bond donors (Lipinski definition) is 3. The summed E-state index contributed by atoms with van der Waals surface area (Å²) in [6.07, 6.45) is 2.12. The number of methoxy groups -OCH3 is 1. The summed E-state index contributed by atoms with van der Waals surface area (Å²) in [5.41, 5.74) is 0.749. The normalized spacial score (nSPS) is 19.4. The maximum Gasteiger partial charge on any atom is 0.410 e. The standard InChI is InChI=1S/C35H49N3O7/c1-24(39)16-18-36-31(40)25-20-26(22-38(21-25)33(42)45-34(2,3)4)32(41)37-23-35(17-10-11-19-43-5)27-12-6-8-14-29(27)44-30-15-9-7-13-28(30)35/h6-9,12-15,24-26,39H,10-11,16-23H2,1-5H3,(H,36,40)(H,37,41)/t24-,25-,26+/m1/s1. The molecule has 0 aliphatic carbocycles. The number of rotatable bonds is 12. The number of para-hydroxylation sites is 2. The Morgan fingerprint density at radius 2 is 1.56 bits per heavy atom. The Kier molecular flexibility index (Phi) is 11.5. The van der Waals surface area contributed by atoms with Crippen LogP contribution in [0.25, 0.3) is 0 Å². The number of carbonyl (C=O) groups is 3. The predicted molar refractivity (Wildman–Crippen MR) is 171 cm³/mol. The molecule has 4 rings (SSSR count). The SMILES string of the molecule is COCCCCC1(CNC(=O)[C@H]2C[C@@H](C(=O)NCC[C@@H](C)O)CN(C(=O)OC(C)(C)C)C2)c2ccccc2Oc2ccccc21. The van der Waals surface area contributed by atoms with Crippen LogP contribution in [-0.4, -0.2) is 79.5 Å². The highest BCUT2D eigenvalue weighted by Crippen LogP contribution is 2.50. The first-order chi connectivity index (χ1) is 21.4. The molecule has 1 fully saturated rings. The molecule has 45 heavy (non-hydrogen) atoms. The van der Waals surface area contributed by atoms with Gasteiger partial charge in [0.2, 0.25) is 11.8 Å². The lowest BCUT2D eigenvalue weighted by Crippen LogP contribution is -2.54. The number of aliphatic hydroxyl groups is 1. The van der Waals surface area contributed by atoms with Gasteiger partial charge in [-0.3, -0.25) is 9.59 Å². The number of piperidine rings is 1. The van der Waals surface area contributed by atoms with Crippen LogP contribution in [-0.2, 0) is 24.5 Å². The van der Waals surface area contributed by atoms with Crippen molar-refractivity contribution >= 4 is 17.9 Å². The van der Waals surface area contributed by atoms with Gasteiger partial charge in [0.25, 0.3) is 0 Å². The van der Waals surface area contributed by atoms with E-state index in [0.717, 1.165) is 41.9 Å². The Morgan fingerprint density at radius 1 is 0.978 bits per heavy atom. The third-order valence-corrected chi connectivity index (χ3v) is 8.50. The molecule has 10 heteroatoms. The highest BCUT2D eigenvalue weighted by Gasteiger charge is 2.43. The minimum absolute atomic E-state index is 0.148. The molecule has 2 aromatic rings. The summed E-state index contributed by atoms with van der Waals surface area (Å²) >= 11 is 0. The van der Waals surface area contributed by atoms with E-state index in [-0.39, 0.29) is 24.9 Å². The molecule has 3 atom stereocenters. The largest absolute Gasteiger partial charge is 0.457 e. The van der Waals surface area contributed by atoms with Crippen molar-refractivity contribution in [3.05, 3.63) is 59.7 Å². The number of nitrogens with one attached hydrogen (secondary N) is 2. The topological polar surface area (TPSA) is 126 Å². The van der Waals surface area contributed by atoms with Gasteiger partial charge in [-0.15, -0.1) is 0 Å². The summed E-state index contributed by atoms with van der Waals surface area (Å²) in [4.78, 5) is 41.8. The van der Waals surface area contributed by atoms with Gasteiger partial charge in [0.15, 0.2) is 0 Å². The van der Waals surface area contributed by atoms with Gasteiger partial charge in [-0.2, -0.15) is 0 Å². The van der Waals surface area contributed by atoms with Crippen LogP contribution in [0.2, 0.25) is 0 Å². The zero-order valence-electron chi connectivity index (χ0n) is 27.3. The van der Waals surface area contributed by atoms with Crippen LogP contribution in [0.5, 0.6) is 11.5 Å². The Hall–Kier alpha value is -3.63. The number of fused-ring (bicyclic) bond motifs is 2. The van der Waals surface area contributed by atoms with E-state index >= 15 is 0 Å². The summed E-state index contributed by atoms with van der Waals surface area (Å²) < 4.78 is 17.2. The summed E-state index contributed by atoms with van der Waals surface area (Å²) in [6.45, 7) is 8.60. The molecule has 0 bridgehead atoms. The molecule has 2 aliphatic heterocycles. The predicted octanol–water partition coefficient (Wildman–Crippen LogP) is 4.77. The molecule has 2 aromatic carbocycles. The molecule has 10 nitrogen and oxygen atoms in total. The molecular formula is C35H49N3O7. The van der Waals surface area contributed by atoms with E-state index < -0.39 is 35.0 Å². The van der Waals surface area contributed by atoms with Gasteiger partial charge in [0.05, 0.1) is 17.9 Å². The van der Waals surface area contributed by atoms with Gasteiger partial charge in [-0.05, 0) is 71.9 Å². The Balaban J connectivity index is 1.58. The number of hydrogen-bond acceptors (Lipinski definition) is 7. The highest BCUT2D eigenvalue weighted by atomic mass is 16.6. The number of aliphatic hydroxyl groups excluding tert-OH is 1. The van der Waals surface area contributed by atoms with Crippen LogP contribution in [0.15, 0.2) is 48.5 Å². The Bertz CT molecular complexity index is 1280. The van der Waals surface area contributed by atoms with Crippen LogP contribution in [0, 0.1) is 11.8 Å². The van der Waals surface area contributed by atoms with Gasteiger partial charge in [-0.25, -0.2) is 4.79 Å². The van der Waals surface area contributed by atoms with Gasteiger partial charge in [0, 0.05) is 56.4 Å². The first-order valence-electron chi connectivity index (χ1n) is 16.0. The molecule has 0 aromatic heterocycles. The molecule has 1 saturated heterocycles. The molecule has 0 saturated carbocycles. The van der Waals surface area contributed by atoms with E-state index in [2.05, 4.69) is 22.8 Å². The van der Waals surface area contributed by atoms with Crippen molar-refractivity contribution in [1.29, 1.82) is 0 Å². The van der Waals surface area contributed by atoms with E-state index in [9.17, 15) is 19.5 Å². The number of nitrogens with zero attached hydrogens (tertiary/aromatic N) is 1. The average Bonchev–Trinajstić information content (AvgIpc) is 3.00. The highest BCUT2D eigenvalue weighted by molar-refractivity contribution is 5.84. The zero-order chi connectivity index (χ0) is 32.6. The fourth-order valence-corrected chi connectivity index (χ4v) is 6.27. The zero-order valence-corrected chi connectivity index (χ0v) is 27.3. The van der Waals surface area contributed by atoms with Crippen molar-refractivity contribution in [2.45, 2.75) is 76.9 Å². The van der Waals surface area contributed by atoms with Crippen molar-refractivity contribution in [2.75, 3.05) is 39.9 Å². The number of ether oxygens (including phenoxy) is 3. The fourth-order valence-electron chi connectivity index (χ4n) is 6.27. The number of unbranched alkanes of at least 4 members (excludes halogenated alkanes) is 1. The summed E-state index contributed by atoms with van der Waals surface area (Å²) in [5.74, 6) is -0.149. The number of carbonyl (C=O) groups excluding carboxylic acids is 3. The van der Waals surface area contributed by atoms with Crippen LogP contribution in [0.4, 0.5) is 4.79 Å². The molecule has 246 valence electrons. The third-order valence-electron chi connectivity index (χ3n) is 8.50. The number of amides is 3. The molecule has 0 radical (unpaired) electrons. The maximum absolute atomic E-state index is 14.0. The second-order valence-electron chi connectivity index (χ2n) is 13.3. The van der Waals surface area contributed by atoms with Crippen molar-refractivity contribution < 1.29 is 33.7 Å². The summed E-state index contributed by atoms with van der Waals surface area (Å²) in [5, 5.41) is 15.7. The van der Waals surface area contributed by atoms with Crippen molar-refractivity contribution in [1.82, 2.24) is 15.5 Å². The lowest BCUT2D eigenvalue weighted by Gasteiger charge is -2.41. The molecule has 0 unspecified atom stereocenters. The fraction of sp³-hybridized carbons (Fsp3) is 0.571. The number of benzene rings is 2. The average molecular weight is 624 g/mol. The minimum atomic E-state index is -0.722. The Labute approximate surface area is 266 Å². The first kappa shape index (κ1) is 34.2. The quantitative estimate of drug-likeness (QED) is 0.291. The van der Waals surface area contributed by atoms with Crippen molar-refractivity contribution in [3.63, 3.8) is 0 Å². The van der Waals surface area contributed by atoms with Gasteiger partial charge >= 0.3 is 6.09 Å². The van der Waals surface area contributed by atoms with Gasteiger partial charge in [-0.1, -0.05) is 36.4 Å². The van der Waals surface area contributed by atoms with Crippen LogP contribution in [0.1, 0.15) is 70.9 Å². The molecule has 3 amide bonds. The summed E-state index contributed by atoms with van der Waals surface area (Å²) in [6, 6.07) is 15.9. The van der Waals surface area contributed by atoms with E-state index in [1.807, 2.05) is 36.4 Å². The van der Waals surface area contributed by atoms with E-state index in [4.69, 9.17) is 14.2 Å². The molecule has 2 aliphatic rings. The lowest BCUT2D eigenvalue weighted by molar-refractivity contribution is -0.131. The van der Waals surface area contributed by atoms with Crippen molar-refractivity contribution in [2.24, 2.45) is 11.8 Å². The first-order valence-corrected chi connectivity index (χ1v) is 16.0. The third kappa shape index (κ3) is 8.76. The van der Waals surface area contributed by atoms with Gasteiger partial charge in [0.1, 0.15) is 17.1 Å². The van der Waals surface area contributed by atoms with Crippen molar-refractivity contribution in [3.8, 4) is 11.5 Å². The van der Waals surface area contributed by atoms with E-state index in [1.54, 1.807) is 34.8 Å². The monoisotopic (exact) mass is 623 g/mol. The maximum atomic E-state index is 14.0. The second-order valence-corrected chi connectivity index (χ2v) is 13.3. The molecule has 2 heterocycles.